The molecule has 0 unspecified atom stereocenters. The van der Waals surface area contributed by atoms with Crippen molar-refractivity contribution in [2.45, 2.75) is 6.54 Å². The molecular weight excluding hydrogens is 338 g/mol. The van der Waals surface area contributed by atoms with Crippen molar-refractivity contribution in [3.05, 3.63) is 84.4 Å². The van der Waals surface area contributed by atoms with Crippen LogP contribution in [0.4, 0.5) is 0 Å². The van der Waals surface area contributed by atoms with E-state index in [-0.39, 0.29) is 17.0 Å². The Bertz CT molecular complexity index is 777. The number of halogens is 1. The zero-order valence-electron chi connectivity index (χ0n) is 11.9. The summed E-state index contributed by atoms with van der Waals surface area (Å²) in [6.45, 7) is 0.695. The van der Waals surface area contributed by atoms with Crippen molar-refractivity contribution in [3.8, 4) is 17.2 Å². The zero-order valence-corrected chi connectivity index (χ0v) is 13.4. The van der Waals surface area contributed by atoms with Gasteiger partial charge in [0.15, 0.2) is 18.9 Å². The highest BCUT2D eigenvalue weighted by Crippen LogP contribution is 2.16. The molecule has 0 N–H and O–H groups in total. The molecule has 0 aliphatic heterocycles. The van der Waals surface area contributed by atoms with Gasteiger partial charge in [0.05, 0.1) is 11.6 Å². The van der Waals surface area contributed by atoms with Gasteiger partial charge in [-0.25, -0.2) is 4.57 Å². The molecule has 0 spiro atoms. The maximum absolute atomic E-state index is 9.12. The van der Waals surface area contributed by atoms with E-state index in [1.165, 1.54) is 0 Å². The molecule has 0 amide bonds. The van der Waals surface area contributed by atoms with Crippen LogP contribution in [0.15, 0.2) is 73.3 Å². The van der Waals surface area contributed by atoms with Crippen molar-refractivity contribution in [1.29, 1.82) is 5.26 Å². The number of pyridine rings is 2. The van der Waals surface area contributed by atoms with Gasteiger partial charge in [0, 0.05) is 30.1 Å². The van der Waals surface area contributed by atoms with E-state index in [0.717, 1.165) is 22.3 Å². The standard InChI is InChI=1S/C18H14N3.BrH/c19-13-17-3-1-2-4-18(17)14-21-11-7-16(8-12-21)15-5-9-20-10-6-15;/h1-12H,14H2;1H/q+1;/p-1. The van der Waals surface area contributed by atoms with Gasteiger partial charge >= 0.3 is 0 Å². The summed E-state index contributed by atoms with van der Waals surface area (Å²) in [5.41, 5.74) is 4.06. The Hall–Kier alpha value is -2.51. The fraction of sp³-hybridized carbons (Fsp3) is 0.0556. The third kappa shape index (κ3) is 3.57. The molecule has 0 saturated heterocycles. The van der Waals surface area contributed by atoms with Crippen LogP contribution in [0.3, 0.4) is 0 Å². The van der Waals surface area contributed by atoms with Gasteiger partial charge in [0.1, 0.15) is 0 Å². The highest BCUT2D eigenvalue weighted by molar-refractivity contribution is 5.61. The monoisotopic (exact) mass is 351 g/mol. The Morgan fingerprint density at radius 1 is 0.909 bits per heavy atom. The van der Waals surface area contributed by atoms with Gasteiger partial charge in [0.25, 0.3) is 0 Å². The average Bonchev–Trinajstić information content (AvgIpc) is 2.57. The lowest BCUT2D eigenvalue weighted by molar-refractivity contribution is -0.688. The molecule has 1 aromatic carbocycles. The van der Waals surface area contributed by atoms with Crippen LogP contribution >= 0.6 is 0 Å². The van der Waals surface area contributed by atoms with Gasteiger partial charge < -0.3 is 17.0 Å². The fourth-order valence-electron chi connectivity index (χ4n) is 2.26. The molecule has 22 heavy (non-hydrogen) atoms. The average molecular weight is 352 g/mol. The van der Waals surface area contributed by atoms with Crippen LogP contribution in [0.5, 0.6) is 0 Å². The molecular formula is C18H14BrN3. The lowest BCUT2D eigenvalue weighted by atomic mass is 10.1. The van der Waals surface area contributed by atoms with E-state index in [4.69, 9.17) is 5.26 Å². The van der Waals surface area contributed by atoms with E-state index in [2.05, 4.69) is 27.8 Å². The molecule has 0 aliphatic carbocycles. The number of hydrogen-bond acceptors (Lipinski definition) is 2. The first kappa shape index (κ1) is 15.9. The molecule has 3 nitrogen and oxygen atoms in total. The smallest absolute Gasteiger partial charge is 0.175 e. The van der Waals surface area contributed by atoms with Gasteiger partial charge in [-0.05, 0) is 29.3 Å². The molecule has 2 aromatic heterocycles. The van der Waals surface area contributed by atoms with Crippen LogP contribution in [0, 0.1) is 11.3 Å². The Labute approximate surface area is 140 Å². The Balaban J connectivity index is 0.00000176. The van der Waals surface area contributed by atoms with Crippen molar-refractivity contribution >= 4 is 0 Å². The van der Waals surface area contributed by atoms with Crippen molar-refractivity contribution in [2.75, 3.05) is 0 Å². The number of hydrogen-bond donors (Lipinski definition) is 0. The van der Waals surface area contributed by atoms with E-state index >= 15 is 0 Å². The van der Waals surface area contributed by atoms with Crippen molar-refractivity contribution in [1.82, 2.24) is 4.98 Å². The summed E-state index contributed by atoms with van der Waals surface area (Å²) >= 11 is 0. The predicted molar refractivity (Wildman–Crippen MR) is 80.1 cm³/mol. The second kappa shape index (κ2) is 7.48. The zero-order chi connectivity index (χ0) is 14.5. The number of rotatable bonds is 3. The first-order chi connectivity index (χ1) is 10.4. The minimum Gasteiger partial charge on any atom is -1.00 e. The van der Waals surface area contributed by atoms with E-state index in [0.29, 0.717) is 6.54 Å². The van der Waals surface area contributed by atoms with Gasteiger partial charge in [-0.3, -0.25) is 4.98 Å². The van der Waals surface area contributed by atoms with Crippen LogP contribution in [-0.4, -0.2) is 4.98 Å². The summed E-state index contributed by atoms with van der Waals surface area (Å²) in [5.74, 6) is 0. The van der Waals surface area contributed by atoms with Gasteiger partial charge in [0.2, 0.25) is 0 Å². The van der Waals surface area contributed by atoms with Crippen LogP contribution in [0.25, 0.3) is 11.1 Å². The number of benzene rings is 1. The molecule has 108 valence electrons. The van der Waals surface area contributed by atoms with Crippen LogP contribution in [-0.2, 0) is 6.54 Å². The van der Waals surface area contributed by atoms with Crippen LogP contribution in [0.1, 0.15) is 11.1 Å². The SMILES string of the molecule is N#Cc1ccccc1C[n+]1ccc(-c2ccncc2)cc1.[Br-]. The minimum atomic E-state index is 0. The molecule has 0 aliphatic rings. The maximum atomic E-state index is 9.12. The lowest BCUT2D eigenvalue weighted by Gasteiger charge is -2.02. The third-order valence-corrected chi connectivity index (χ3v) is 3.40. The second-order valence-electron chi connectivity index (χ2n) is 4.76. The number of nitriles is 1. The highest BCUT2D eigenvalue weighted by atomic mass is 79.9. The van der Waals surface area contributed by atoms with E-state index in [9.17, 15) is 0 Å². The van der Waals surface area contributed by atoms with E-state index < -0.39 is 0 Å². The minimum absolute atomic E-state index is 0. The maximum Gasteiger partial charge on any atom is 0.175 e. The largest absolute Gasteiger partial charge is 1.00 e. The molecule has 0 radical (unpaired) electrons. The molecule has 0 atom stereocenters. The lowest BCUT2D eigenvalue weighted by Crippen LogP contribution is -3.00. The highest BCUT2D eigenvalue weighted by Gasteiger charge is 2.07. The van der Waals surface area contributed by atoms with Gasteiger partial charge in [-0.15, -0.1) is 0 Å². The summed E-state index contributed by atoms with van der Waals surface area (Å²) < 4.78 is 2.07. The topological polar surface area (TPSA) is 40.6 Å². The second-order valence-corrected chi connectivity index (χ2v) is 4.76. The first-order valence-corrected chi connectivity index (χ1v) is 6.74. The molecule has 2 heterocycles. The van der Waals surface area contributed by atoms with Crippen molar-refractivity contribution < 1.29 is 21.5 Å². The Morgan fingerprint density at radius 2 is 1.55 bits per heavy atom. The van der Waals surface area contributed by atoms with E-state index in [1.54, 1.807) is 12.4 Å². The first-order valence-electron chi connectivity index (χ1n) is 6.74. The predicted octanol–water partition coefficient (Wildman–Crippen LogP) is -0.0399. The van der Waals surface area contributed by atoms with Crippen LogP contribution in [0.2, 0.25) is 0 Å². The molecule has 3 aromatic rings. The quantitative estimate of drug-likeness (QED) is 0.621. The molecule has 0 saturated carbocycles. The summed E-state index contributed by atoms with van der Waals surface area (Å²) in [6.07, 6.45) is 7.65. The van der Waals surface area contributed by atoms with Gasteiger partial charge in [-0.1, -0.05) is 18.2 Å². The Morgan fingerprint density at radius 3 is 2.23 bits per heavy atom. The summed E-state index contributed by atoms with van der Waals surface area (Å²) in [4.78, 5) is 4.03. The third-order valence-electron chi connectivity index (χ3n) is 3.40. The van der Waals surface area contributed by atoms with Crippen molar-refractivity contribution in [3.63, 3.8) is 0 Å². The number of nitrogens with zero attached hydrogens (tertiary/aromatic N) is 3. The normalized spacial score (nSPS) is 9.59. The van der Waals surface area contributed by atoms with Crippen LogP contribution < -0.4 is 21.5 Å². The summed E-state index contributed by atoms with van der Waals surface area (Å²) in [5, 5.41) is 9.12. The summed E-state index contributed by atoms with van der Waals surface area (Å²) in [7, 11) is 0. The Kier molecular flexibility index (Phi) is 5.40. The van der Waals surface area contributed by atoms with Gasteiger partial charge in [-0.2, -0.15) is 5.26 Å². The molecule has 4 heteroatoms. The van der Waals surface area contributed by atoms with Crippen molar-refractivity contribution in [2.24, 2.45) is 0 Å². The molecule has 3 rings (SSSR count). The number of aromatic nitrogens is 2. The fourth-order valence-corrected chi connectivity index (χ4v) is 2.26. The summed E-state index contributed by atoms with van der Waals surface area (Å²) in [6, 6.07) is 18.0. The molecule has 0 bridgehead atoms. The molecule has 0 fully saturated rings. The van der Waals surface area contributed by atoms with E-state index in [1.807, 2.05) is 48.8 Å².